The fraction of sp³-hybridized carbons (Fsp3) is 0.444. The fourth-order valence-corrected chi connectivity index (χ4v) is 0.917. The molecule has 0 bridgehead atoms. The number of hydrogen-bond acceptors (Lipinski definition) is 0. The Morgan fingerprint density at radius 1 is 0.889 bits per heavy atom. The maximum Gasteiger partial charge on any atom is -0.0133 e. The summed E-state index contributed by atoms with van der Waals surface area (Å²) in [4.78, 5) is 0. The van der Waals surface area contributed by atoms with Crippen molar-refractivity contribution in [3.05, 3.63) is 30.7 Å². The lowest BCUT2D eigenvalue weighted by Gasteiger charge is -1.85. The van der Waals surface area contributed by atoms with Gasteiger partial charge in [-0.3, -0.25) is 0 Å². The van der Waals surface area contributed by atoms with Gasteiger partial charge in [-0.2, -0.15) is 0 Å². The van der Waals surface area contributed by atoms with Crippen molar-refractivity contribution in [2.45, 2.75) is 25.7 Å². The van der Waals surface area contributed by atoms with Gasteiger partial charge in [0.15, 0.2) is 0 Å². The third-order valence-corrected chi connectivity index (χ3v) is 1.45. The van der Waals surface area contributed by atoms with Gasteiger partial charge in [-0.15, -0.1) is 0 Å². The third kappa shape index (κ3) is 3.12. The van der Waals surface area contributed by atoms with Crippen molar-refractivity contribution in [2.75, 3.05) is 0 Å². The summed E-state index contributed by atoms with van der Waals surface area (Å²) in [5.74, 6) is 0. The Morgan fingerprint density at radius 3 is 2.78 bits per heavy atom. The van der Waals surface area contributed by atoms with Crippen molar-refractivity contribution >= 4 is 0 Å². The van der Waals surface area contributed by atoms with Gasteiger partial charge < -0.3 is 0 Å². The first-order chi connectivity index (χ1) is 4.50. The fourth-order valence-electron chi connectivity index (χ4n) is 0.917. The Balaban J connectivity index is 2.28. The van der Waals surface area contributed by atoms with E-state index in [9.17, 15) is 0 Å². The predicted molar refractivity (Wildman–Crippen MR) is 41.0 cm³/mol. The van der Waals surface area contributed by atoms with Gasteiger partial charge in [0.2, 0.25) is 0 Å². The highest BCUT2D eigenvalue weighted by Crippen LogP contribution is 2.03. The van der Waals surface area contributed by atoms with Crippen molar-refractivity contribution in [2.24, 2.45) is 0 Å². The van der Waals surface area contributed by atoms with E-state index in [1.165, 1.54) is 19.3 Å². The summed E-state index contributed by atoms with van der Waals surface area (Å²) in [5, 5.41) is 0. The second-order valence-corrected chi connectivity index (χ2v) is 2.30. The molecule has 0 saturated heterocycles. The zero-order valence-electron chi connectivity index (χ0n) is 5.72. The lowest BCUT2D eigenvalue weighted by molar-refractivity contribution is 0.869. The molecule has 0 aromatic carbocycles. The molecule has 0 heterocycles. The minimum Gasteiger partial charge on any atom is -0.0885 e. The van der Waals surface area contributed by atoms with Crippen molar-refractivity contribution in [3.8, 4) is 0 Å². The zero-order valence-corrected chi connectivity index (χ0v) is 5.72. The van der Waals surface area contributed by atoms with E-state index in [0.29, 0.717) is 0 Å². The molecule has 0 aliphatic heterocycles. The maximum absolute atomic E-state index is 2.27. The molecule has 0 heteroatoms. The smallest absolute Gasteiger partial charge is 0.0133 e. The van der Waals surface area contributed by atoms with Crippen LogP contribution in [0.15, 0.2) is 24.3 Å². The van der Waals surface area contributed by atoms with Crippen LogP contribution in [0.1, 0.15) is 25.7 Å². The number of hydrogen-bond donors (Lipinski definition) is 0. The van der Waals surface area contributed by atoms with Gasteiger partial charge >= 0.3 is 0 Å². The summed E-state index contributed by atoms with van der Waals surface area (Å²) in [6, 6.07) is 0. The molecule has 49 valence electrons. The van der Waals surface area contributed by atoms with Gasteiger partial charge in [0.05, 0.1) is 0 Å². The van der Waals surface area contributed by atoms with Crippen molar-refractivity contribution in [1.29, 1.82) is 0 Å². The number of allylic oxidation sites excluding steroid dienone is 4. The van der Waals surface area contributed by atoms with E-state index in [-0.39, 0.29) is 0 Å². The van der Waals surface area contributed by atoms with Crippen LogP contribution >= 0.6 is 0 Å². The van der Waals surface area contributed by atoms with Crippen molar-refractivity contribution < 1.29 is 0 Å². The second-order valence-electron chi connectivity index (χ2n) is 2.30. The summed E-state index contributed by atoms with van der Waals surface area (Å²) in [7, 11) is 0. The lowest BCUT2D eigenvalue weighted by Crippen LogP contribution is -1.65. The summed E-state index contributed by atoms with van der Waals surface area (Å²) < 4.78 is 0. The summed E-state index contributed by atoms with van der Waals surface area (Å²) >= 11 is 0. The Morgan fingerprint density at radius 2 is 1.78 bits per heavy atom. The SMILES string of the molecule is [CH]1C=CCCCC=CC1. The average Bonchev–Trinajstić information content (AvgIpc) is 2.00. The van der Waals surface area contributed by atoms with Crippen LogP contribution in [-0.4, -0.2) is 0 Å². The molecular formula is C9H13. The van der Waals surface area contributed by atoms with Crippen LogP contribution in [0, 0.1) is 6.42 Å². The van der Waals surface area contributed by atoms with Crippen LogP contribution in [0.2, 0.25) is 0 Å². The molecule has 1 aliphatic carbocycles. The van der Waals surface area contributed by atoms with Gasteiger partial charge in [0.25, 0.3) is 0 Å². The summed E-state index contributed by atoms with van der Waals surface area (Å²) in [5.41, 5.74) is 0. The molecule has 0 nitrogen and oxygen atoms in total. The van der Waals surface area contributed by atoms with E-state index in [1.807, 2.05) is 0 Å². The van der Waals surface area contributed by atoms with Crippen LogP contribution in [0.25, 0.3) is 0 Å². The van der Waals surface area contributed by atoms with Gasteiger partial charge in [-0.25, -0.2) is 0 Å². The molecule has 1 radical (unpaired) electrons. The molecule has 0 atom stereocenters. The first-order valence-corrected chi connectivity index (χ1v) is 3.63. The van der Waals surface area contributed by atoms with Crippen LogP contribution in [-0.2, 0) is 0 Å². The van der Waals surface area contributed by atoms with Gasteiger partial charge in [-0.1, -0.05) is 24.3 Å². The van der Waals surface area contributed by atoms with E-state index >= 15 is 0 Å². The maximum atomic E-state index is 2.27. The molecule has 1 rings (SSSR count). The lowest BCUT2D eigenvalue weighted by atomic mass is 10.2. The monoisotopic (exact) mass is 121 g/mol. The summed E-state index contributed by atoms with van der Waals surface area (Å²) in [6.45, 7) is 0. The Labute approximate surface area is 57.3 Å². The van der Waals surface area contributed by atoms with E-state index in [2.05, 4.69) is 30.7 Å². The van der Waals surface area contributed by atoms with E-state index in [4.69, 9.17) is 0 Å². The number of rotatable bonds is 0. The van der Waals surface area contributed by atoms with Crippen molar-refractivity contribution in [3.63, 3.8) is 0 Å². The molecular weight excluding hydrogens is 108 g/mol. The van der Waals surface area contributed by atoms with E-state index in [0.717, 1.165) is 6.42 Å². The Hall–Kier alpha value is -0.520. The van der Waals surface area contributed by atoms with Crippen LogP contribution in [0.5, 0.6) is 0 Å². The highest BCUT2D eigenvalue weighted by Gasteiger charge is 1.84. The van der Waals surface area contributed by atoms with Gasteiger partial charge in [-0.05, 0) is 32.1 Å². The quantitative estimate of drug-likeness (QED) is 0.432. The third-order valence-electron chi connectivity index (χ3n) is 1.45. The average molecular weight is 121 g/mol. The van der Waals surface area contributed by atoms with E-state index < -0.39 is 0 Å². The highest BCUT2D eigenvalue weighted by atomic mass is 13.9. The van der Waals surface area contributed by atoms with Crippen LogP contribution < -0.4 is 0 Å². The summed E-state index contributed by atoms with van der Waals surface area (Å²) in [6.07, 6.45) is 16.0. The molecule has 0 spiro atoms. The Kier molecular flexibility index (Phi) is 3.20. The van der Waals surface area contributed by atoms with E-state index in [1.54, 1.807) is 0 Å². The minimum atomic E-state index is 1.11. The predicted octanol–water partition coefficient (Wildman–Crippen LogP) is 2.88. The molecule has 0 saturated carbocycles. The highest BCUT2D eigenvalue weighted by molar-refractivity contribution is 5.01. The molecule has 0 unspecified atom stereocenters. The second kappa shape index (κ2) is 4.37. The molecule has 0 N–H and O–H groups in total. The van der Waals surface area contributed by atoms with Crippen molar-refractivity contribution in [1.82, 2.24) is 0 Å². The Bertz CT molecular complexity index is 95.2. The van der Waals surface area contributed by atoms with Gasteiger partial charge in [0, 0.05) is 0 Å². The molecule has 0 amide bonds. The topological polar surface area (TPSA) is 0 Å². The van der Waals surface area contributed by atoms with Crippen LogP contribution in [0.3, 0.4) is 0 Å². The van der Waals surface area contributed by atoms with Gasteiger partial charge in [0.1, 0.15) is 0 Å². The minimum absolute atomic E-state index is 1.11. The molecule has 0 aromatic rings. The largest absolute Gasteiger partial charge is 0.0885 e. The molecule has 0 aromatic heterocycles. The molecule has 0 fully saturated rings. The molecule has 1 aliphatic rings. The standard InChI is InChI=1S/C9H13/c1-2-4-6-8-9-7-5-3-1/h1-3,6,8H,4-5,7,9H2. The molecule has 9 heavy (non-hydrogen) atoms. The first kappa shape index (κ1) is 6.60. The zero-order chi connectivity index (χ0) is 6.36. The van der Waals surface area contributed by atoms with Crippen LogP contribution in [0.4, 0.5) is 0 Å². The first-order valence-electron chi connectivity index (χ1n) is 3.63. The normalized spacial score (nSPS) is 20.4.